The van der Waals surface area contributed by atoms with Gasteiger partial charge in [0.25, 0.3) is 5.89 Å². The number of benzene rings is 1. The molecule has 100 valence electrons. The first-order valence-electron chi connectivity index (χ1n) is 6.48. The zero-order chi connectivity index (χ0) is 13.4. The highest BCUT2D eigenvalue weighted by Crippen LogP contribution is 2.32. The summed E-state index contributed by atoms with van der Waals surface area (Å²) in [4.78, 5) is 4.40. The van der Waals surface area contributed by atoms with Gasteiger partial charge in [0.2, 0.25) is 5.82 Å². The fraction of sp³-hybridized carbons (Fsp3) is 0.231. The number of aromatic amines is 1. The fourth-order valence-corrected chi connectivity index (χ4v) is 2.46. The van der Waals surface area contributed by atoms with Crippen LogP contribution in [0.15, 0.2) is 28.9 Å². The molecule has 0 fully saturated rings. The normalized spacial score (nSPS) is 13.8. The first kappa shape index (κ1) is 11.2. The van der Waals surface area contributed by atoms with Crippen LogP contribution in [0.1, 0.15) is 12.0 Å². The Morgan fingerprint density at radius 2 is 2.25 bits per heavy atom. The molecule has 3 aromatic rings. The monoisotopic (exact) mass is 268 g/mol. The summed E-state index contributed by atoms with van der Waals surface area (Å²) in [5, 5.41) is 17.6. The second-order valence-corrected chi connectivity index (χ2v) is 4.64. The van der Waals surface area contributed by atoms with Crippen LogP contribution in [0.25, 0.3) is 23.0 Å². The van der Waals surface area contributed by atoms with Gasteiger partial charge in [-0.3, -0.25) is 0 Å². The largest absolute Gasteiger partial charge is 0.385 e. The van der Waals surface area contributed by atoms with Crippen molar-refractivity contribution in [2.24, 2.45) is 0 Å². The molecule has 1 aliphatic heterocycles. The van der Waals surface area contributed by atoms with E-state index in [0.717, 1.165) is 30.6 Å². The van der Waals surface area contributed by atoms with Crippen LogP contribution in [0.2, 0.25) is 0 Å². The molecule has 0 bridgehead atoms. The van der Waals surface area contributed by atoms with Crippen molar-refractivity contribution in [3.8, 4) is 23.0 Å². The molecule has 2 aromatic heterocycles. The third-order valence-electron chi connectivity index (χ3n) is 3.40. The van der Waals surface area contributed by atoms with E-state index in [1.54, 1.807) is 6.20 Å². The number of aromatic nitrogens is 5. The Hall–Kier alpha value is -2.70. The molecular formula is C13H12N6O. The Kier molecular flexibility index (Phi) is 2.48. The first-order chi connectivity index (χ1) is 9.92. The van der Waals surface area contributed by atoms with Crippen LogP contribution in [0.5, 0.6) is 0 Å². The summed E-state index contributed by atoms with van der Waals surface area (Å²) in [7, 11) is 0. The van der Waals surface area contributed by atoms with Crippen molar-refractivity contribution in [2.45, 2.75) is 12.8 Å². The van der Waals surface area contributed by atoms with Crippen molar-refractivity contribution in [3.05, 3.63) is 30.0 Å². The third-order valence-corrected chi connectivity index (χ3v) is 3.40. The van der Waals surface area contributed by atoms with Crippen LogP contribution in [-0.2, 0) is 6.42 Å². The summed E-state index contributed by atoms with van der Waals surface area (Å²) >= 11 is 0. The summed E-state index contributed by atoms with van der Waals surface area (Å²) in [5.74, 6) is 0.957. The standard InChI is InChI=1S/C13H12N6O/c1-3-9(8-4-2-6-14-10(8)5-1)13-16-12(18-20-13)11-7-15-19-17-11/h1,3,5,7,14H,2,4,6H2,(H,15,17,19). The van der Waals surface area contributed by atoms with Crippen LogP contribution >= 0.6 is 0 Å². The van der Waals surface area contributed by atoms with Crippen LogP contribution in [0.3, 0.4) is 0 Å². The molecule has 3 heterocycles. The molecule has 2 N–H and O–H groups in total. The predicted octanol–water partition coefficient (Wildman–Crippen LogP) is 1.88. The number of anilines is 1. The van der Waals surface area contributed by atoms with Crippen molar-refractivity contribution in [2.75, 3.05) is 11.9 Å². The molecule has 0 saturated heterocycles. The second kappa shape index (κ2) is 4.44. The summed E-state index contributed by atoms with van der Waals surface area (Å²) in [6.07, 6.45) is 3.69. The molecule has 0 spiro atoms. The predicted molar refractivity (Wildman–Crippen MR) is 71.9 cm³/mol. The highest BCUT2D eigenvalue weighted by molar-refractivity contribution is 5.70. The first-order valence-corrected chi connectivity index (χ1v) is 6.48. The van der Waals surface area contributed by atoms with Gasteiger partial charge in [-0.1, -0.05) is 11.2 Å². The highest BCUT2D eigenvalue weighted by atomic mass is 16.5. The maximum absolute atomic E-state index is 5.37. The Morgan fingerprint density at radius 3 is 3.15 bits per heavy atom. The van der Waals surface area contributed by atoms with Crippen molar-refractivity contribution in [3.63, 3.8) is 0 Å². The molecule has 0 radical (unpaired) electrons. The van der Waals surface area contributed by atoms with E-state index in [4.69, 9.17) is 4.52 Å². The number of hydrogen-bond donors (Lipinski definition) is 2. The number of H-pyrrole nitrogens is 1. The number of fused-ring (bicyclic) bond motifs is 1. The van der Waals surface area contributed by atoms with Crippen molar-refractivity contribution in [1.29, 1.82) is 0 Å². The summed E-state index contributed by atoms with van der Waals surface area (Å²) in [5.41, 5.74) is 3.93. The molecule has 1 aliphatic rings. The van der Waals surface area contributed by atoms with Gasteiger partial charge in [0.1, 0.15) is 0 Å². The molecule has 0 saturated carbocycles. The van der Waals surface area contributed by atoms with E-state index in [-0.39, 0.29) is 0 Å². The van der Waals surface area contributed by atoms with Gasteiger partial charge in [-0.15, -0.1) is 0 Å². The van der Waals surface area contributed by atoms with Gasteiger partial charge in [0.15, 0.2) is 5.69 Å². The minimum Gasteiger partial charge on any atom is -0.385 e. The molecule has 0 atom stereocenters. The fourth-order valence-electron chi connectivity index (χ4n) is 2.46. The van der Waals surface area contributed by atoms with Crippen LogP contribution in [0, 0.1) is 0 Å². The molecule has 7 heteroatoms. The average molecular weight is 268 g/mol. The topological polar surface area (TPSA) is 92.5 Å². The summed E-state index contributed by atoms with van der Waals surface area (Å²) < 4.78 is 5.37. The number of nitrogens with zero attached hydrogens (tertiary/aromatic N) is 4. The quantitative estimate of drug-likeness (QED) is 0.737. The molecule has 4 rings (SSSR count). The minimum atomic E-state index is 0.440. The number of rotatable bonds is 2. The Morgan fingerprint density at radius 1 is 1.25 bits per heavy atom. The van der Waals surface area contributed by atoms with Crippen molar-refractivity contribution < 1.29 is 4.52 Å². The average Bonchev–Trinajstić information content (AvgIpc) is 3.17. The lowest BCUT2D eigenvalue weighted by Gasteiger charge is -2.19. The lowest BCUT2D eigenvalue weighted by Crippen LogP contribution is -2.12. The van der Waals surface area contributed by atoms with E-state index < -0.39 is 0 Å². The Labute approximate surface area is 114 Å². The molecule has 0 aliphatic carbocycles. The van der Waals surface area contributed by atoms with Gasteiger partial charge in [-0.25, -0.2) is 0 Å². The van der Waals surface area contributed by atoms with E-state index in [2.05, 4.69) is 36.9 Å². The second-order valence-electron chi connectivity index (χ2n) is 4.64. The van der Waals surface area contributed by atoms with Crippen LogP contribution < -0.4 is 5.32 Å². The van der Waals surface area contributed by atoms with Gasteiger partial charge in [0.05, 0.1) is 6.20 Å². The Balaban J connectivity index is 1.78. The number of hydrogen-bond acceptors (Lipinski definition) is 6. The van der Waals surface area contributed by atoms with E-state index >= 15 is 0 Å². The van der Waals surface area contributed by atoms with E-state index in [1.165, 1.54) is 5.56 Å². The highest BCUT2D eigenvalue weighted by Gasteiger charge is 2.19. The number of nitrogens with one attached hydrogen (secondary N) is 2. The van der Waals surface area contributed by atoms with Gasteiger partial charge in [0, 0.05) is 17.8 Å². The maximum Gasteiger partial charge on any atom is 0.258 e. The Bertz CT molecular complexity index is 733. The van der Waals surface area contributed by atoms with Gasteiger partial charge < -0.3 is 9.84 Å². The van der Waals surface area contributed by atoms with Crippen LogP contribution in [-0.4, -0.2) is 32.1 Å². The van der Waals surface area contributed by atoms with E-state index in [1.807, 2.05) is 12.1 Å². The lowest BCUT2D eigenvalue weighted by atomic mass is 9.97. The third kappa shape index (κ3) is 1.75. The zero-order valence-corrected chi connectivity index (χ0v) is 10.6. The maximum atomic E-state index is 5.37. The summed E-state index contributed by atoms with van der Waals surface area (Å²) in [6, 6.07) is 6.07. The van der Waals surface area contributed by atoms with Gasteiger partial charge in [-0.2, -0.15) is 20.4 Å². The van der Waals surface area contributed by atoms with Gasteiger partial charge in [-0.05, 0) is 30.5 Å². The van der Waals surface area contributed by atoms with Crippen LogP contribution in [0.4, 0.5) is 5.69 Å². The minimum absolute atomic E-state index is 0.440. The SMILES string of the molecule is c1cc2c(c(-c3nc(-c4cn[nH]n4)no3)c1)CCCN2. The smallest absolute Gasteiger partial charge is 0.258 e. The molecular weight excluding hydrogens is 256 g/mol. The zero-order valence-electron chi connectivity index (χ0n) is 10.6. The van der Waals surface area contributed by atoms with E-state index in [9.17, 15) is 0 Å². The molecule has 1 aromatic carbocycles. The molecule has 7 nitrogen and oxygen atoms in total. The molecule has 0 unspecified atom stereocenters. The lowest BCUT2D eigenvalue weighted by molar-refractivity contribution is 0.431. The van der Waals surface area contributed by atoms with Crippen molar-refractivity contribution >= 4 is 5.69 Å². The summed E-state index contributed by atoms with van der Waals surface area (Å²) in [6.45, 7) is 1.00. The molecule has 0 amide bonds. The van der Waals surface area contributed by atoms with Crippen molar-refractivity contribution in [1.82, 2.24) is 25.6 Å². The van der Waals surface area contributed by atoms with Gasteiger partial charge >= 0.3 is 0 Å². The van der Waals surface area contributed by atoms with E-state index in [0.29, 0.717) is 17.4 Å². The molecule has 20 heavy (non-hydrogen) atoms.